The summed E-state index contributed by atoms with van der Waals surface area (Å²) in [6.07, 6.45) is -0.242. The van der Waals surface area contributed by atoms with Gasteiger partial charge in [-0.05, 0) is 12.3 Å². The molecular weight excluding hydrogens is 234 g/mol. The molecule has 0 bridgehead atoms. The molecule has 96 valence electrons. The zero-order chi connectivity index (χ0) is 12.8. The van der Waals surface area contributed by atoms with Crippen molar-refractivity contribution >= 4 is 16.0 Å². The number of nitrogens with one attached hydrogen (secondary N) is 1. The van der Waals surface area contributed by atoms with E-state index < -0.39 is 27.8 Å². The number of hydrogen-bond donors (Lipinski definition) is 2. The van der Waals surface area contributed by atoms with Crippen molar-refractivity contribution in [3.8, 4) is 0 Å². The summed E-state index contributed by atoms with van der Waals surface area (Å²) in [4.78, 5) is 10.7. The minimum Gasteiger partial charge on any atom is -0.468 e. The van der Waals surface area contributed by atoms with Crippen molar-refractivity contribution in [1.29, 1.82) is 0 Å². The number of esters is 1. The third kappa shape index (κ3) is 7.61. The van der Waals surface area contributed by atoms with Crippen LogP contribution in [0.3, 0.4) is 0 Å². The fourth-order valence-electron chi connectivity index (χ4n) is 1.12. The van der Waals surface area contributed by atoms with E-state index in [0.29, 0.717) is 6.42 Å². The van der Waals surface area contributed by atoms with Gasteiger partial charge in [-0.3, -0.25) is 4.79 Å². The Bertz CT molecular complexity index is 312. The van der Waals surface area contributed by atoms with Crippen molar-refractivity contribution in [2.75, 3.05) is 19.4 Å². The van der Waals surface area contributed by atoms with Gasteiger partial charge in [0.05, 0.1) is 13.2 Å². The highest BCUT2D eigenvalue weighted by Crippen LogP contribution is 2.03. The second-order valence-corrected chi connectivity index (χ2v) is 5.77. The maximum Gasteiger partial charge on any atom is 0.322 e. The first-order chi connectivity index (χ1) is 7.26. The Balaban J connectivity index is 4.04. The van der Waals surface area contributed by atoms with Gasteiger partial charge in [-0.1, -0.05) is 13.8 Å². The summed E-state index contributed by atoms with van der Waals surface area (Å²) in [6.45, 7) is 3.76. The number of rotatable bonds is 7. The average molecular weight is 253 g/mol. The van der Waals surface area contributed by atoms with Crippen LogP contribution in [0.1, 0.15) is 20.3 Å². The predicted molar refractivity (Wildman–Crippen MR) is 59.3 cm³/mol. The Morgan fingerprint density at radius 1 is 1.44 bits per heavy atom. The summed E-state index contributed by atoms with van der Waals surface area (Å²) >= 11 is 0. The number of methoxy groups -OCH3 is 1. The standard InChI is InChI=1S/C9H19NO5S/c1-7(2)4-8(11)5-10-16(13,14)6-9(12)15-3/h7-8,10-11H,4-6H2,1-3H3. The lowest BCUT2D eigenvalue weighted by Crippen LogP contribution is -2.36. The summed E-state index contributed by atoms with van der Waals surface area (Å²) < 4.78 is 28.9. The third-order valence-electron chi connectivity index (χ3n) is 1.82. The zero-order valence-electron chi connectivity index (χ0n) is 9.76. The molecule has 0 saturated carbocycles. The molecule has 0 spiro atoms. The lowest BCUT2D eigenvalue weighted by Gasteiger charge is -2.13. The predicted octanol–water partition coefficient (Wildman–Crippen LogP) is -0.514. The largest absolute Gasteiger partial charge is 0.468 e. The maximum absolute atomic E-state index is 11.3. The molecule has 0 aliphatic heterocycles. The van der Waals surface area contributed by atoms with Crippen molar-refractivity contribution in [2.24, 2.45) is 5.92 Å². The minimum absolute atomic E-state index is 0.0858. The molecule has 0 amide bonds. The molecule has 0 aromatic carbocycles. The number of carbonyl (C=O) groups excluding carboxylic acids is 1. The topological polar surface area (TPSA) is 92.7 Å². The van der Waals surface area contributed by atoms with Crippen LogP contribution in [0.4, 0.5) is 0 Å². The first-order valence-electron chi connectivity index (χ1n) is 4.99. The van der Waals surface area contributed by atoms with Gasteiger partial charge in [-0.25, -0.2) is 13.1 Å². The molecule has 0 rings (SSSR count). The van der Waals surface area contributed by atoms with E-state index in [1.165, 1.54) is 0 Å². The molecule has 0 heterocycles. The van der Waals surface area contributed by atoms with Crippen molar-refractivity contribution in [1.82, 2.24) is 4.72 Å². The summed E-state index contributed by atoms with van der Waals surface area (Å²) in [7, 11) is -2.59. The molecule has 0 aromatic heterocycles. The van der Waals surface area contributed by atoms with Crippen LogP contribution in [0.25, 0.3) is 0 Å². The van der Waals surface area contributed by atoms with Crippen LogP contribution in [-0.2, 0) is 19.6 Å². The molecular formula is C9H19NO5S. The molecule has 0 saturated heterocycles. The Hall–Kier alpha value is -0.660. The summed E-state index contributed by atoms with van der Waals surface area (Å²) in [5, 5.41) is 9.43. The highest BCUT2D eigenvalue weighted by Gasteiger charge is 2.18. The molecule has 2 N–H and O–H groups in total. The molecule has 1 atom stereocenters. The van der Waals surface area contributed by atoms with Crippen molar-refractivity contribution in [3.05, 3.63) is 0 Å². The molecule has 16 heavy (non-hydrogen) atoms. The van der Waals surface area contributed by atoms with E-state index in [-0.39, 0.29) is 12.5 Å². The Morgan fingerprint density at radius 3 is 2.44 bits per heavy atom. The average Bonchev–Trinajstić information content (AvgIpc) is 2.13. The minimum atomic E-state index is -3.71. The van der Waals surface area contributed by atoms with E-state index in [1.54, 1.807) is 0 Å². The first kappa shape index (κ1) is 15.3. The van der Waals surface area contributed by atoms with Gasteiger partial charge in [-0.2, -0.15) is 0 Å². The lowest BCUT2D eigenvalue weighted by atomic mass is 10.1. The summed E-state index contributed by atoms with van der Waals surface area (Å²) in [5.41, 5.74) is 0. The van der Waals surface area contributed by atoms with E-state index in [0.717, 1.165) is 7.11 Å². The van der Waals surface area contributed by atoms with E-state index in [1.807, 2.05) is 13.8 Å². The van der Waals surface area contributed by atoms with Crippen LogP contribution in [0.15, 0.2) is 0 Å². The van der Waals surface area contributed by atoms with E-state index in [4.69, 9.17) is 0 Å². The van der Waals surface area contributed by atoms with Crippen LogP contribution < -0.4 is 4.72 Å². The summed E-state index contributed by atoms with van der Waals surface area (Å²) in [5.74, 6) is -1.27. The number of aliphatic hydroxyl groups is 1. The molecule has 0 fully saturated rings. The number of sulfonamides is 1. The Morgan fingerprint density at radius 2 is 2.00 bits per heavy atom. The highest BCUT2D eigenvalue weighted by molar-refractivity contribution is 7.90. The molecule has 1 unspecified atom stereocenters. The molecule has 6 nitrogen and oxygen atoms in total. The van der Waals surface area contributed by atoms with Gasteiger partial charge >= 0.3 is 5.97 Å². The maximum atomic E-state index is 11.3. The number of ether oxygens (including phenoxy) is 1. The van der Waals surface area contributed by atoms with E-state index in [2.05, 4.69) is 9.46 Å². The van der Waals surface area contributed by atoms with E-state index in [9.17, 15) is 18.3 Å². The van der Waals surface area contributed by atoms with Gasteiger partial charge in [0.2, 0.25) is 10.0 Å². The fraction of sp³-hybridized carbons (Fsp3) is 0.889. The fourth-order valence-corrected chi connectivity index (χ4v) is 2.09. The third-order valence-corrected chi connectivity index (χ3v) is 3.04. The zero-order valence-corrected chi connectivity index (χ0v) is 10.6. The van der Waals surface area contributed by atoms with Gasteiger partial charge in [0.15, 0.2) is 5.75 Å². The van der Waals surface area contributed by atoms with Gasteiger partial charge in [0.25, 0.3) is 0 Å². The number of hydrogen-bond acceptors (Lipinski definition) is 5. The van der Waals surface area contributed by atoms with Crippen LogP contribution in [0.5, 0.6) is 0 Å². The number of carbonyl (C=O) groups is 1. The second-order valence-electron chi connectivity index (χ2n) is 3.97. The molecule has 0 aliphatic rings. The highest BCUT2D eigenvalue weighted by atomic mass is 32.2. The monoisotopic (exact) mass is 253 g/mol. The van der Waals surface area contributed by atoms with E-state index >= 15 is 0 Å². The van der Waals surface area contributed by atoms with Crippen LogP contribution >= 0.6 is 0 Å². The Labute approximate surface area is 96.0 Å². The van der Waals surface area contributed by atoms with Crippen molar-refractivity contribution in [2.45, 2.75) is 26.4 Å². The van der Waals surface area contributed by atoms with Gasteiger partial charge in [0.1, 0.15) is 0 Å². The van der Waals surface area contributed by atoms with Gasteiger partial charge < -0.3 is 9.84 Å². The van der Waals surface area contributed by atoms with Crippen molar-refractivity contribution in [3.63, 3.8) is 0 Å². The quantitative estimate of drug-likeness (QED) is 0.596. The molecule has 7 heteroatoms. The van der Waals surface area contributed by atoms with Crippen LogP contribution in [-0.4, -0.2) is 45.0 Å². The van der Waals surface area contributed by atoms with Crippen molar-refractivity contribution < 1.29 is 23.1 Å². The lowest BCUT2D eigenvalue weighted by molar-refractivity contribution is -0.137. The van der Waals surface area contributed by atoms with Crippen LogP contribution in [0.2, 0.25) is 0 Å². The van der Waals surface area contributed by atoms with Gasteiger partial charge in [-0.15, -0.1) is 0 Å². The number of aliphatic hydroxyl groups excluding tert-OH is 1. The normalized spacial score (nSPS) is 13.8. The molecule has 0 aromatic rings. The Kier molecular flexibility index (Phi) is 6.54. The van der Waals surface area contributed by atoms with Crippen LogP contribution in [0, 0.1) is 5.92 Å². The smallest absolute Gasteiger partial charge is 0.322 e. The molecule has 0 radical (unpaired) electrons. The summed E-state index contributed by atoms with van der Waals surface area (Å²) in [6, 6.07) is 0. The molecule has 0 aliphatic carbocycles. The SMILES string of the molecule is COC(=O)CS(=O)(=O)NCC(O)CC(C)C. The van der Waals surface area contributed by atoms with Gasteiger partial charge in [0, 0.05) is 6.54 Å². The second kappa shape index (κ2) is 6.82. The first-order valence-corrected chi connectivity index (χ1v) is 6.64.